The molecule has 4 rings (SSSR count). The van der Waals surface area contributed by atoms with Crippen LogP contribution in [-0.2, 0) is 23.2 Å². The second kappa shape index (κ2) is 12.4. The summed E-state index contributed by atoms with van der Waals surface area (Å²) in [6.07, 6.45) is 4.77. The number of nitrogens with one attached hydrogen (secondary N) is 1. The lowest BCUT2D eigenvalue weighted by Gasteiger charge is -2.22. The van der Waals surface area contributed by atoms with E-state index in [-0.39, 0.29) is 30.3 Å². The van der Waals surface area contributed by atoms with Gasteiger partial charge in [0.05, 0.1) is 24.2 Å². The Morgan fingerprint density at radius 1 is 1.02 bits per heavy atom. The van der Waals surface area contributed by atoms with Crippen LogP contribution in [0.25, 0.3) is 5.69 Å². The number of rotatable bonds is 10. The summed E-state index contributed by atoms with van der Waals surface area (Å²) in [6.45, 7) is 12.5. The number of aromatic nitrogens is 2. The normalized spacial score (nSPS) is 11.4. The van der Waals surface area contributed by atoms with Crippen molar-refractivity contribution in [3.8, 4) is 5.69 Å². The van der Waals surface area contributed by atoms with Gasteiger partial charge in [-0.05, 0) is 68.1 Å². The molecule has 0 radical (unpaired) electrons. The molecule has 0 atom stereocenters. The molecule has 2 aromatic carbocycles. The maximum atomic E-state index is 13.6. The quantitative estimate of drug-likeness (QED) is 0.235. The van der Waals surface area contributed by atoms with Crippen LogP contribution in [0.3, 0.4) is 0 Å². The number of nitrogens with zero attached hydrogens (tertiary/aromatic N) is 3. The Morgan fingerprint density at radius 2 is 1.77 bits per heavy atom. The van der Waals surface area contributed by atoms with Crippen LogP contribution in [0, 0.1) is 13.8 Å². The highest BCUT2D eigenvalue weighted by Gasteiger charge is 2.24. The van der Waals surface area contributed by atoms with Gasteiger partial charge in [-0.1, -0.05) is 63.9 Å². The molecule has 0 saturated carbocycles. The molecule has 2 aromatic heterocycles. The first-order valence-electron chi connectivity index (χ1n) is 13.9. The first-order chi connectivity index (χ1) is 19.0. The van der Waals surface area contributed by atoms with Crippen molar-refractivity contribution in [2.75, 3.05) is 11.9 Å². The molecule has 0 fully saturated rings. The van der Waals surface area contributed by atoms with E-state index >= 15 is 0 Å². The average Bonchev–Trinajstić information content (AvgIpc) is 3.57. The number of carbonyl (C=O) groups is 2. The summed E-state index contributed by atoms with van der Waals surface area (Å²) in [6, 6.07) is 19.3. The van der Waals surface area contributed by atoms with Gasteiger partial charge in [0, 0.05) is 17.0 Å². The van der Waals surface area contributed by atoms with E-state index in [1.54, 1.807) is 23.1 Å². The summed E-state index contributed by atoms with van der Waals surface area (Å²) in [5, 5.41) is 7.88. The number of unbranched alkanes of at least 4 members (excludes halogenated alkanes) is 1. The zero-order valence-corrected chi connectivity index (χ0v) is 24.5. The Labute approximate surface area is 237 Å². The molecule has 2 heterocycles. The minimum Gasteiger partial charge on any atom is -0.467 e. The second-order valence-corrected chi connectivity index (χ2v) is 11.5. The number of amides is 2. The second-order valence-electron chi connectivity index (χ2n) is 11.5. The van der Waals surface area contributed by atoms with Gasteiger partial charge in [0.25, 0.3) is 5.91 Å². The fraction of sp³-hybridized carbons (Fsp3) is 0.364. The lowest BCUT2D eigenvalue weighted by Crippen LogP contribution is -2.37. The van der Waals surface area contributed by atoms with E-state index in [1.165, 1.54) is 10.5 Å². The molecule has 0 saturated heterocycles. The molecule has 210 valence electrons. The van der Waals surface area contributed by atoms with E-state index < -0.39 is 0 Å². The molecule has 4 aromatic rings. The maximum Gasteiger partial charge on any atom is 0.254 e. The van der Waals surface area contributed by atoms with Crippen molar-refractivity contribution in [2.45, 2.75) is 72.8 Å². The first kappa shape index (κ1) is 28.9. The van der Waals surface area contributed by atoms with Crippen LogP contribution >= 0.6 is 0 Å². The maximum absolute atomic E-state index is 13.6. The van der Waals surface area contributed by atoms with Crippen LogP contribution in [0.1, 0.15) is 79.0 Å². The Morgan fingerprint density at radius 3 is 2.40 bits per heavy atom. The van der Waals surface area contributed by atoms with E-state index in [0.717, 1.165) is 41.8 Å². The molecule has 7 nitrogen and oxygen atoms in total. The number of benzene rings is 2. The smallest absolute Gasteiger partial charge is 0.254 e. The van der Waals surface area contributed by atoms with Crippen molar-refractivity contribution in [1.29, 1.82) is 0 Å². The number of hydrogen-bond donors (Lipinski definition) is 1. The van der Waals surface area contributed by atoms with Crippen LogP contribution < -0.4 is 5.32 Å². The molecule has 1 N–H and O–H groups in total. The molecule has 0 unspecified atom stereocenters. The summed E-state index contributed by atoms with van der Waals surface area (Å²) in [5.74, 6) is 0.626. The van der Waals surface area contributed by atoms with Crippen molar-refractivity contribution in [1.82, 2.24) is 14.7 Å². The highest BCUT2D eigenvalue weighted by molar-refractivity contribution is 5.99. The largest absolute Gasteiger partial charge is 0.467 e. The Hall–Kier alpha value is -4.13. The predicted molar refractivity (Wildman–Crippen MR) is 159 cm³/mol. The predicted octanol–water partition coefficient (Wildman–Crippen LogP) is 7.00. The summed E-state index contributed by atoms with van der Waals surface area (Å²) in [5.41, 5.74) is 5.47. The van der Waals surface area contributed by atoms with Crippen LogP contribution in [0.4, 0.5) is 5.82 Å². The van der Waals surface area contributed by atoms with E-state index in [2.05, 4.69) is 39.1 Å². The lowest BCUT2D eigenvalue weighted by molar-refractivity contribution is -0.117. The molecule has 0 bridgehead atoms. The zero-order valence-electron chi connectivity index (χ0n) is 24.5. The van der Waals surface area contributed by atoms with Gasteiger partial charge < -0.3 is 14.6 Å². The number of aryl methyl sites for hydroxylation is 3. The molecule has 40 heavy (non-hydrogen) atoms. The van der Waals surface area contributed by atoms with Crippen LogP contribution in [-0.4, -0.2) is 33.0 Å². The van der Waals surface area contributed by atoms with Crippen molar-refractivity contribution < 1.29 is 14.0 Å². The SMILES string of the molecule is CCCCc1ccc(C(=O)N(CC(=O)Nc2cc(C(C)(C)C)nn2-c2ccc(C)cc2C)Cc2ccco2)cc1. The number of anilines is 1. The fourth-order valence-electron chi connectivity index (χ4n) is 4.59. The van der Waals surface area contributed by atoms with E-state index in [0.29, 0.717) is 17.1 Å². The summed E-state index contributed by atoms with van der Waals surface area (Å²) in [4.78, 5) is 28.5. The van der Waals surface area contributed by atoms with Gasteiger partial charge in [-0.2, -0.15) is 5.10 Å². The minimum atomic E-state index is -0.314. The fourth-order valence-corrected chi connectivity index (χ4v) is 4.59. The molecular formula is C33H40N4O3. The third-order valence-electron chi connectivity index (χ3n) is 6.89. The molecule has 0 aliphatic heterocycles. The molecule has 7 heteroatoms. The van der Waals surface area contributed by atoms with Gasteiger partial charge in [0.1, 0.15) is 18.1 Å². The molecular weight excluding hydrogens is 500 g/mol. The van der Waals surface area contributed by atoms with Gasteiger partial charge in [-0.25, -0.2) is 4.68 Å². The van der Waals surface area contributed by atoms with Gasteiger partial charge in [0.15, 0.2) is 0 Å². The van der Waals surface area contributed by atoms with Crippen molar-refractivity contribution >= 4 is 17.6 Å². The van der Waals surface area contributed by atoms with Crippen molar-refractivity contribution in [2.24, 2.45) is 0 Å². The third-order valence-corrected chi connectivity index (χ3v) is 6.89. The first-order valence-corrected chi connectivity index (χ1v) is 13.9. The zero-order chi connectivity index (χ0) is 28.9. The molecule has 2 amide bonds. The highest BCUT2D eigenvalue weighted by atomic mass is 16.3. The van der Waals surface area contributed by atoms with E-state index in [1.807, 2.05) is 56.3 Å². The van der Waals surface area contributed by atoms with Crippen LogP contribution in [0.2, 0.25) is 0 Å². The minimum absolute atomic E-state index is 0.139. The summed E-state index contributed by atoms with van der Waals surface area (Å²) in [7, 11) is 0. The third kappa shape index (κ3) is 7.08. The number of carbonyl (C=O) groups excluding carboxylic acids is 2. The summed E-state index contributed by atoms with van der Waals surface area (Å²) >= 11 is 0. The Balaban J connectivity index is 1.59. The number of hydrogen-bond acceptors (Lipinski definition) is 4. The van der Waals surface area contributed by atoms with Gasteiger partial charge in [-0.15, -0.1) is 0 Å². The van der Waals surface area contributed by atoms with E-state index in [9.17, 15) is 9.59 Å². The topological polar surface area (TPSA) is 80.4 Å². The lowest BCUT2D eigenvalue weighted by atomic mass is 9.92. The van der Waals surface area contributed by atoms with Crippen molar-refractivity contribution in [3.05, 3.63) is 101 Å². The van der Waals surface area contributed by atoms with Crippen LogP contribution in [0.15, 0.2) is 71.3 Å². The average molecular weight is 541 g/mol. The molecule has 0 aliphatic rings. The summed E-state index contributed by atoms with van der Waals surface area (Å²) < 4.78 is 7.29. The highest BCUT2D eigenvalue weighted by Crippen LogP contribution is 2.28. The van der Waals surface area contributed by atoms with Gasteiger partial charge in [0.2, 0.25) is 5.91 Å². The molecule has 0 aliphatic carbocycles. The van der Waals surface area contributed by atoms with Gasteiger partial charge in [-0.3, -0.25) is 9.59 Å². The van der Waals surface area contributed by atoms with Crippen LogP contribution in [0.5, 0.6) is 0 Å². The Bertz CT molecular complexity index is 1440. The van der Waals surface area contributed by atoms with E-state index in [4.69, 9.17) is 9.52 Å². The standard InChI is InChI=1S/C33H40N4O3/c1-7-8-10-25-13-15-26(16-14-25)32(39)36(21-27-11-9-18-40-27)22-31(38)34-30-20-29(33(4,5)6)35-37(30)28-17-12-23(2)19-24(28)3/h9,11-20H,7-8,10,21-22H2,1-6H3,(H,34,38). The number of furan rings is 1. The Kier molecular flexibility index (Phi) is 8.93. The molecule has 0 spiro atoms. The monoisotopic (exact) mass is 540 g/mol. The van der Waals surface area contributed by atoms with Gasteiger partial charge >= 0.3 is 0 Å². The van der Waals surface area contributed by atoms with Crippen molar-refractivity contribution in [3.63, 3.8) is 0 Å².